The molecule has 1 aromatic carbocycles. The Hall–Kier alpha value is -1.88. The summed E-state index contributed by atoms with van der Waals surface area (Å²) in [6.07, 6.45) is 5.12. The summed E-state index contributed by atoms with van der Waals surface area (Å²) in [5.41, 5.74) is 2.17. The highest BCUT2D eigenvalue weighted by Gasteiger charge is 2.34. The van der Waals surface area contributed by atoms with E-state index in [0.717, 1.165) is 68.7 Å². The van der Waals surface area contributed by atoms with E-state index >= 15 is 0 Å². The zero-order valence-corrected chi connectivity index (χ0v) is 16.0. The number of likely N-dealkylation sites (tertiary alicyclic amines) is 2. The molecule has 3 heterocycles. The number of piperidine rings is 1. The molecule has 2 fully saturated rings. The first-order valence-corrected chi connectivity index (χ1v) is 10.1. The van der Waals surface area contributed by atoms with Crippen LogP contribution >= 0.6 is 0 Å². The maximum atomic E-state index is 13.1. The molecule has 2 saturated heterocycles. The van der Waals surface area contributed by atoms with Gasteiger partial charge in [0.2, 0.25) is 5.91 Å². The molecule has 0 unspecified atom stereocenters. The molecule has 0 radical (unpaired) electrons. The van der Waals surface area contributed by atoms with E-state index in [9.17, 15) is 4.79 Å². The number of fused-ring (bicyclic) bond motifs is 1. The van der Waals surface area contributed by atoms with E-state index in [1.807, 2.05) is 12.1 Å². The van der Waals surface area contributed by atoms with Gasteiger partial charge in [0.05, 0.1) is 17.1 Å². The summed E-state index contributed by atoms with van der Waals surface area (Å²) < 4.78 is 2.17. The standard InChI is InChI=1S/C21H30N4O/c1-3-24-13-10-16(11-14-24)15-20(26)25-12-6-9-19(25)21-22-17-7-4-5-8-18(17)23(21)2/h4-5,7-8,16,19H,3,6,9-15H2,1-2H3/t19-/m0/s1. The van der Waals surface area contributed by atoms with E-state index in [-0.39, 0.29) is 6.04 Å². The van der Waals surface area contributed by atoms with Crippen molar-refractivity contribution in [2.75, 3.05) is 26.2 Å². The lowest BCUT2D eigenvalue weighted by Crippen LogP contribution is -2.37. The van der Waals surface area contributed by atoms with Crippen molar-refractivity contribution in [1.82, 2.24) is 19.4 Å². The van der Waals surface area contributed by atoms with Crippen LogP contribution in [0.15, 0.2) is 24.3 Å². The molecular weight excluding hydrogens is 324 g/mol. The van der Waals surface area contributed by atoms with Crippen molar-refractivity contribution >= 4 is 16.9 Å². The molecule has 140 valence electrons. The molecule has 0 spiro atoms. The fraction of sp³-hybridized carbons (Fsp3) is 0.619. The molecule has 1 aromatic heterocycles. The first-order valence-electron chi connectivity index (χ1n) is 10.1. The maximum absolute atomic E-state index is 13.1. The third kappa shape index (κ3) is 3.25. The number of aromatic nitrogens is 2. The monoisotopic (exact) mass is 354 g/mol. The Morgan fingerprint density at radius 1 is 1.15 bits per heavy atom. The van der Waals surface area contributed by atoms with Gasteiger partial charge in [0.15, 0.2) is 0 Å². The van der Waals surface area contributed by atoms with Crippen LogP contribution in [0.3, 0.4) is 0 Å². The largest absolute Gasteiger partial charge is 0.332 e. The van der Waals surface area contributed by atoms with Crippen molar-refractivity contribution in [3.63, 3.8) is 0 Å². The zero-order chi connectivity index (χ0) is 18.1. The summed E-state index contributed by atoms with van der Waals surface area (Å²) in [7, 11) is 2.08. The predicted molar refractivity (Wildman–Crippen MR) is 104 cm³/mol. The van der Waals surface area contributed by atoms with Gasteiger partial charge in [-0.25, -0.2) is 4.98 Å². The van der Waals surface area contributed by atoms with Crippen LogP contribution < -0.4 is 0 Å². The number of aryl methyl sites for hydroxylation is 1. The number of hydrogen-bond acceptors (Lipinski definition) is 3. The van der Waals surface area contributed by atoms with Crippen molar-refractivity contribution < 1.29 is 4.79 Å². The third-order valence-electron chi connectivity index (χ3n) is 6.31. The van der Waals surface area contributed by atoms with E-state index < -0.39 is 0 Å². The fourth-order valence-corrected chi connectivity index (χ4v) is 4.67. The predicted octanol–water partition coefficient (Wildman–Crippen LogP) is 3.36. The number of amides is 1. The van der Waals surface area contributed by atoms with Crippen molar-refractivity contribution in [1.29, 1.82) is 0 Å². The minimum Gasteiger partial charge on any atom is -0.332 e. The van der Waals surface area contributed by atoms with Crippen LogP contribution in [-0.4, -0.2) is 51.4 Å². The number of hydrogen-bond donors (Lipinski definition) is 0. The number of nitrogens with zero attached hydrogens (tertiary/aromatic N) is 4. The number of carbonyl (C=O) groups is 1. The van der Waals surface area contributed by atoms with Gasteiger partial charge in [-0.1, -0.05) is 19.1 Å². The highest BCUT2D eigenvalue weighted by molar-refractivity contribution is 5.78. The first kappa shape index (κ1) is 17.5. The Morgan fingerprint density at radius 3 is 2.65 bits per heavy atom. The topological polar surface area (TPSA) is 41.4 Å². The van der Waals surface area contributed by atoms with Gasteiger partial charge in [-0.2, -0.15) is 0 Å². The number of rotatable bonds is 4. The summed E-state index contributed by atoms with van der Waals surface area (Å²) in [6.45, 7) is 6.50. The normalized spacial score (nSPS) is 22.4. The molecule has 5 heteroatoms. The second kappa shape index (κ2) is 7.39. The lowest BCUT2D eigenvalue weighted by molar-refractivity contribution is -0.133. The number of imidazole rings is 1. The smallest absolute Gasteiger partial charge is 0.223 e. The molecule has 0 bridgehead atoms. The van der Waals surface area contributed by atoms with E-state index in [1.54, 1.807) is 0 Å². The summed E-state index contributed by atoms with van der Waals surface area (Å²) >= 11 is 0. The average molecular weight is 354 g/mol. The fourth-order valence-electron chi connectivity index (χ4n) is 4.67. The summed E-state index contributed by atoms with van der Waals surface area (Å²) in [6, 6.07) is 8.37. The summed E-state index contributed by atoms with van der Waals surface area (Å²) in [5.74, 6) is 1.92. The van der Waals surface area contributed by atoms with E-state index in [0.29, 0.717) is 18.2 Å². The highest BCUT2D eigenvalue weighted by atomic mass is 16.2. The average Bonchev–Trinajstić information content (AvgIpc) is 3.27. The van der Waals surface area contributed by atoms with Gasteiger partial charge in [-0.15, -0.1) is 0 Å². The van der Waals surface area contributed by atoms with Gasteiger partial charge < -0.3 is 14.4 Å². The van der Waals surface area contributed by atoms with Crippen LogP contribution in [0.25, 0.3) is 11.0 Å². The Bertz CT molecular complexity index is 775. The number of carbonyl (C=O) groups excluding carboxylic acids is 1. The Balaban J connectivity index is 1.47. The van der Waals surface area contributed by atoms with Gasteiger partial charge in [0, 0.05) is 20.0 Å². The zero-order valence-electron chi connectivity index (χ0n) is 16.0. The molecule has 2 aliphatic rings. The summed E-state index contributed by atoms with van der Waals surface area (Å²) in [5, 5.41) is 0. The molecule has 1 amide bonds. The van der Waals surface area contributed by atoms with Crippen molar-refractivity contribution in [2.45, 2.75) is 45.1 Å². The molecule has 26 heavy (non-hydrogen) atoms. The molecule has 0 N–H and O–H groups in total. The van der Waals surface area contributed by atoms with E-state index in [2.05, 4.69) is 40.5 Å². The van der Waals surface area contributed by atoms with Crippen molar-refractivity contribution in [3.8, 4) is 0 Å². The van der Waals surface area contributed by atoms with Gasteiger partial charge in [0.25, 0.3) is 0 Å². The Labute approximate surface area is 156 Å². The molecule has 2 aliphatic heterocycles. The highest BCUT2D eigenvalue weighted by Crippen LogP contribution is 2.34. The van der Waals surface area contributed by atoms with Gasteiger partial charge in [0.1, 0.15) is 5.82 Å². The first-order chi connectivity index (χ1) is 12.7. The summed E-state index contributed by atoms with van der Waals surface area (Å²) in [4.78, 5) is 22.5. The third-order valence-corrected chi connectivity index (χ3v) is 6.31. The quantitative estimate of drug-likeness (QED) is 0.845. The molecule has 5 nitrogen and oxygen atoms in total. The van der Waals surface area contributed by atoms with E-state index in [4.69, 9.17) is 4.98 Å². The second-order valence-corrected chi connectivity index (χ2v) is 7.84. The number of benzene rings is 1. The molecule has 0 aliphatic carbocycles. The Morgan fingerprint density at radius 2 is 1.92 bits per heavy atom. The van der Waals surface area contributed by atoms with E-state index in [1.165, 1.54) is 0 Å². The molecule has 4 rings (SSSR count). The SMILES string of the molecule is CCN1CCC(CC(=O)N2CCC[C@H]2c2nc3ccccc3n2C)CC1. The van der Waals surface area contributed by atoms with Crippen LogP contribution in [0.1, 0.15) is 50.9 Å². The maximum Gasteiger partial charge on any atom is 0.223 e. The molecule has 1 atom stereocenters. The van der Waals surface area contributed by atoms with Gasteiger partial charge in [-0.3, -0.25) is 4.79 Å². The van der Waals surface area contributed by atoms with Crippen molar-refractivity contribution in [2.24, 2.45) is 13.0 Å². The second-order valence-electron chi connectivity index (χ2n) is 7.84. The van der Waals surface area contributed by atoms with Crippen LogP contribution in [-0.2, 0) is 11.8 Å². The minimum atomic E-state index is 0.135. The van der Waals surface area contributed by atoms with Gasteiger partial charge in [-0.05, 0) is 63.4 Å². The Kier molecular flexibility index (Phi) is 4.98. The molecular formula is C21H30N4O. The number of para-hydroxylation sites is 2. The van der Waals surface area contributed by atoms with Crippen LogP contribution in [0, 0.1) is 5.92 Å². The molecule has 0 saturated carbocycles. The lowest BCUT2D eigenvalue weighted by atomic mass is 9.93. The van der Waals surface area contributed by atoms with Crippen LogP contribution in [0.2, 0.25) is 0 Å². The van der Waals surface area contributed by atoms with Crippen LogP contribution in [0.5, 0.6) is 0 Å². The lowest BCUT2D eigenvalue weighted by Gasteiger charge is -2.32. The minimum absolute atomic E-state index is 0.135. The van der Waals surface area contributed by atoms with Crippen LogP contribution in [0.4, 0.5) is 0 Å². The van der Waals surface area contributed by atoms with Gasteiger partial charge >= 0.3 is 0 Å². The molecule has 2 aromatic rings. The van der Waals surface area contributed by atoms with Crippen molar-refractivity contribution in [3.05, 3.63) is 30.1 Å².